The molecule has 1 aromatic heterocycles. The van der Waals surface area contributed by atoms with Gasteiger partial charge < -0.3 is 9.80 Å². The molecule has 5 heteroatoms. The van der Waals surface area contributed by atoms with E-state index in [4.69, 9.17) is 4.98 Å². The van der Waals surface area contributed by atoms with Gasteiger partial charge in [0.2, 0.25) is 5.91 Å². The summed E-state index contributed by atoms with van der Waals surface area (Å²) in [5, 5.41) is 0. The highest BCUT2D eigenvalue weighted by molar-refractivity contribution is 5.83. The minimum atomic E-state index is -0.112. The maximum absolute atomic E-state index is 13.1. The Balaban J connectivity index is 1.47. The van der Waals surface area contributed by atoms with Crippen molar-refractivity contribution in [1.29, 1.82) is 0 Å². The zero-order valence-electron chi connectivity index (χ0n) is 17.2. The molecule has 2 aromatic rings. The number of piperidine rings is 1. The van der Waals surface area contributed by atoms with E-state index in [1.165, 1.54) is 16.8 Å². The van der Waals surface area contributed by atoms with Crippen LogP contribution in [-0.2, 0) is 17.8 Å². The number of carbonyl (C=O) groups excluding carboxylic acids is 1. The van der Waals surface area contributed by atoms with Crippen LogP contribution in [0.5, 0.6) is 0 Å². The standard InChI is InChI=1S/C23H30N4O/c1-16-6-8-18(9-7-16)17(2)23(28)27-11-4-5-19(15-27)22-24-13-20-14-26(3)12-10-21(20)25-22/h6-9,13,17,19H,4-5,10-12,14-15H2,1-3H3/t17-,19+/m1/s1. The van der Waals surface area contributed by atoms with Gasteiger partial charge >= 0.3 is 0 Å². The molecule has 1 saturated heterocycles. The van der Waals surface area contributed by atoms with Gasteiger partial charge in [-0.3, -0.25) is 4.79 Å². The first-order valence-electron chi connectivity index (χ1n) is 10.4. The molecule has 4 rings (SSSR count). The Bertz CT molecular complexity index is 848. The van der Waals surface area contributed by atoms with Gasteiger partial charge in [0.15, 0.2) is 0 Å². The second kappa shape index (κ2) is 8.00. The number of hydrogen-bond acceptors (Lipinski definition) is 4. The predicted molar refractivity (Wildman–Crippen MR) is 110 cm³/mol. The summed E-state index contributed by atoms with van der Waals surface area (Å²) in [6.45, 7) is 7.63. The van der Waals surface area contributed by atoms with Crippen molar-refractivity contribution in [2.45, 2.75) is 51.5 Å². The highest BCUT2D eigenvalue weighted by Gasteiger charge is 2.30. The van der Waals surface area contributed by atoms with E-state index in [9.17, 15) is 4.79 Å². The van der Waals surface area contributed by atoms with Crippen molar-refractivity contribution in [3.63, 3.8) is 0 Å². The number of carbonyl (C=O) groups is 1. The fraction of sp³-hybridized carbons (Fsp3) is 0.522. The van der Waals surface area contributed by atoms with E-state index >= 15 is 0 Å². The lowest BCUT2D eigenvalue weighted by molar-refractivity contribution is -0.133. The van der Waals surface area contributed by atoms with E-state index in [-0.39, 0.29) is 17.7 Å². The van der Waals surface area contributed by atoms with Gasteiger partial charge in [0, 0.05) is 56.0 Å². The Morgan fingerprint density at radius 3 is 2.79 bits per heavy atom. The van der Waals surface area contributed by atoms with E-state index in [2.05, 4.69) is 48.1 Å². The van der Waals surface area contributed by atoms with Gasteiger partial charge in [-0.25, -0.2) is 9.97 Å². The van der Waals surface area contributed by atoms with Crippen LogP contribution in [0.3, 0.4) is 0 Å². The summed E-state index contributed by atoms with van der Waals surface area (Å²) in [4.78, 5) is 27.0. The summed E-state index contributed by atoms with van der Waals surface area (Å²) in [6, 6.07) is 8.30. The lowest BCUT2D eigenvalue weighted by Gasteiger charge is -2.34. The number of nitrogens with zero attached hydrogens (tertiary/aromatic N) is 4. The minimum absolute atomic E-state index is 0.112. The van der Waals surface area contributed by atoms with Crippen molar-refractivity contribution >= 4 is 5.91 Å². The Kier molecular flexibility index (Phi) is 5.44. The molecule has 1 fully saturated rings. The third kappa shape index (κ3) is 3.95. The first-order valence-corrected chi connectivity index (χ1v) is 10.4. The van der Waals surface area contributed by atoms with Gasteiger partial charge in [-0.2, -0.15) is 0 Å². The highest BCUT2D eigenvalue weighted by Crippen LogP contribution is 2.28. The van der Waals surface area contributed by atoms with Crippen LogP contribution in [0.25, 0.3) is 0 Å². The van der Waals surface area contributed by atoms with Gasteiger partial charge in [-0.05, 0) is 39.3 Å². The maximum atomic E-state index is 13.1. The number of likely N-dealkylation sites (N-methyl/N-ethyl adjacent to an activating group) is 1. The smallest absolute Gasteiger partial charge is 0.229 e. The van der Waals surface area contributed by atoms with Gasteiger partial charge in [0.05, 0.1) is 5.92 Å². The lowest BCUT2D eigenvalue weighted by Crippen LogP contribution is -2.41. The Morgan fingerprint density at radius 1 is 1.21 bits per heavy atom. The molecule has 0 saturated carbocycles. The summed E-state index contributed by atoms with van der Waals surface area (Å²) in [5.74, 6) is 1.27. The molecular weight excluding hydrogens is 348 g/mol. The molecule has 0 unspecified atom stereocenters. The second-order valence-electron chi connectivity index (χ2n) is 8.44. The monoisotopic (exact) mass is 378 g/mol. The van der Waals surface area contributed by atoms with Crippen molar-refractivity contribution in [3.8, 4) is 0 Å². The average Bonchev–Trinajstić information content (AvgIpc) is 2.73. The van der Waals surface area contributed by atoms with Gasteiger partial charge in [-0.1, -0.05) is 29.8 Å². The number of aryl methyl sites for hydroxylation is 1. The molecule has 28 heavy (non-hydrogen) atoms. The van der Waals surface area contributed by atoms with Gasteiger partial charge in [0.25, 0.3) is 0 Å². The molecule has 1 amide bonds. The summed E-state index contributed by atoms with van der Waals surface area (Å²) in [5.41, 5.74) is 4.75. The molecule has 5 nitrogen and oxygen atoms in total. The molecule has 3 heterocycles. The normalized spacial score (nSPS) is 21.2. The molecule has 2 aliphatic rings. The largest absolute Gasteiger partial charge is 0.341 e. The Labute approximate surface area is 167 Å². The predicted octanol–water partition coefficient (Wildman–Crippen LogP) is 3.28. The van der Waals surface area contributed by atoms with Crippen LogP contribution in [0.15, 0.2) is 30.5 Å². The average molecular weight is 379 g/mol. The molecule has 0 N–H and O–H groups in total. The maximum Gasteiger partial charge on any atom is 0.229 e. The van der Waals surface area contributed by atoms with Gasteiger partial charge in [-0.15, -0.1) is 0 Å². The lowest BCUT2D eigenvalue weighted by atomic mass is 9.93. The van der Waals surface area contributed by atoms with Crippen molar-refractivity contribution in [2.24, 2.45) is 0 Å². The van der Waals surface area contributed by atoms with E-state index < -0.39 is 0 Å². The second-order valence-corrected chi connectivity index (χ2v) is 8.44. The SMILES string of the molecule is Cc1ccc([C@@H](C)C(=O)N2CCC[C@H](c3ncc4c(n3)CCN(C)C4)C2)cc1. The van der Waals surface area contributed by atoms with Crippen molar-refractivity contribution in [2.75, 3.05) is 26.7 Å². The molecule has 0 aliphatic carbocycles. The quantitative estimate of drug-likeness (QED) is 0.822. The third-order valence-corrected chi connectivity index (χ3v) is 6.19. The van der Waals surface area contributed by atoms with Crippen LogP contribution in [0.2, 0.25) is 0 Å². The van der Waals surface area contributed by atoms with Crippen LogP contribution in [0.1, 0.15) is 59.8 Å². The van der Waals surface area contributed by atoms with Crippen LogP contribution >= 0.6 is 0 Å². The Hall–Kier alpha value is -2.27. The summed E-state index contributed by atoms with van der Waals surface area (Å²) >= 11 is 0. The number of rotatable bonds is 3. The molecular formula is C23H30N4O. The number of benzene rings is 1. The van der Waals surface area contributed by atoms with Gasteiger partial charge in [0.1, 0.15) is 5.82 Å². The van der Waals surface area contributed by atoms with Crippen LogP contribution < -0.4 is 0 Å². The van der Waals surface area contributed by atoms with E-state index in [0.29, 0.717) is 0 Å². The molecule has 1 aromatic carbocycles. The summed E-state index contributed by atoms with van der Waals surface area (Å²) < 4.78 is 0. The Morgan fingerprint density at radius 2 is 2.00 bits per heavy atom. The highest BCUT2D eigenvalue weighted by atomic mass is 16.2. The first-order chi connectivity index (χ1) is 13.5. The van der Waals surface area contributed by atoms with E-state index in [1.807, 2.05) is 18.0 Å². The van der Waals surface area contributed by atoms with Crippen LogP contribution in [0, 0.1) is 6.92 Å². The fourth-order valence-corrected chi connectivity index (χ4v) is 4.33. The number of fused-ring (bicyclic) bond motifs is 1. The molecule has 0 radical (unpaired) electrons. The number of likely N-dealkylation sites (tertiary alicyclic amines) is 1. The van der Waals surface area contributed by atoms with E-state index in [0.717, 1.165) is 56.8 Å². The molecule has 2 aliphatic heterocycles. The summed E-state index contributed by atoms with van der Waals surface area (Å²) in [6.07, 6.45) is 5.06. The van der Waals surface area contributed by atoms with Crippen LogP contribution in [0.4, 0.5) is 0 Å². The van der Waals surface area contributed by atoms with Crippen molar-refractivity contribution in [3.05, 3.63) is 58.7 Å². The summed E-state index contributed by atoms with van der Waals surface area (Å²) in [7, 11) is 2.14. The molecule has 2 atom stereocenters. The van der Waals surface area contributed by atoms with Crippen molar-refractivity contribution < 1.29 is 4.79 Å². The molecule has 0 bridgehead atoms. The zero-order chi connectivity index (χ0) is 19.7. The number of amides is 1. The number of hydrogen-bond donors (Lipinski definition) is 0. The van der Waals surface area contributed by atoms with Crippen molar-refractivity contribution in [1.82, 2.24) is 19.8 Å². The molecule has 0 spiro atoms. The minimum Gasteiger partial charge on any atom is -0.341 e. The topological polar surface area (TPSA) is 49.3 Å². The first kappa shape index (κ1) is 19.1. The zero-order valence-corrected chi connectivity index (χ0v) is 17.2. The third-order valence-electron chi connectivity index (χ3n) is 6.19. The fourth-order valence-electron chi connectivity index (χ4n) is 4.33. The number of aromatic nitrogens is 2. The van der Waals surface area contributed by atoms with Crippen LogP contribution in [-0.4, -0.2) is 52.4 Å². The van der Waals surface area contributed by atoms with E-state index in [1.54, 1.807) is 0 Å². The molecule has 148 valence electrons.